The maximum atomic E-state index is 12.7. The number of amides is 1. The summed E-state index contributed by atoms with van der Waals surface area (Å²) in [6, 6.07) is 6.12. The van der Waals surface area contributed by atoms with Gasteiger partial charge in [0.05, 0.1) is 24.6 Å². The van der Waals surface area contributed by atoms with E-state index < -0.39 is 43.4 Å². The molecule has 0 radical (unpaired) electrons. The second-order valence-corrected chi connectivity index (χ2v) is 7.80. The third kappa shape index (κ3) is 5.67. The fourth-order valence-corrected chi connectivity index (χ4v) is 3.86. The van der Waals surface area contributed by atoms with Crippen molar-refractivity contribution in [3.8, 4) is 5.75 Å². The average molecular weight is 465 g/mol. The van der Waals surface area contributed by atoms with E-state index in [1.54, 1.807) is 14.1 Å². The number of hydrogen-bond acceptors (Lipinski definition) is 10. The molecular formula is C18H19N5O8S. The quantitative estimate of drug-likeness (QED) is 0.300. The minimum Gasteiger partial charge on any atom is -0.502 e. The summed E-state index contributed by atoms with van der Waals surface area (Å²) >= 11 is 0.543. The number of nitro groups is 3. The smallest absolute Gasteiger partial charge is 0.330 e. The average Bonchev–Trinajstić information content (AvgIpc) is 2.70. The number of carbonyl (C=O) groups excluding carboxylic acids is 1. The van der Waals surface area contributed by atoms with E-state index in [2.05, 4.69) is 5.32 Å². The van der Waals surface area contributed by atoms with E-state index >= 15 is 0 Å². The number of phenolic OH excluding ortho intramolecular Hbond substituents is 1. The molecule has 2 aromatic rings. The van der Waals surface area contributed by atoms with Gasteiger partial charge < -0.3 is 15.3 Å². The first-order chi connectivity index (χ1) is 15.0. The van der Waals surface area contributed by atoms with Crippen molar-refractivity contribution in [2.75, 3.05) is 27.2 Å². The Hall–Kier alpha value is -3.78. The number of nitro benzene ring substituents is 3. The van der Waals surface area contributed by atoms with Crippen LogP contribution >= 0.6 is 11.8 Å². The van der Waals surface area contributed by atoms with E-state index in [-0.39, 0.29) is 22.0 Å². The maximum Gasteiger partial charge on any atom is 0.330 e. The fourth-order valence-electron chi connectivity index (χ4n) is 2.78. The number of carbonyl (C=O) groups is 1. The van der Waals surface area contributed by atoms with Gasteiger partial charge in [0.15, 0.2) is 11.3 Å². The summed E-state index contributed by atoms with van der Waals surface area (Å²) < 4.78 is 0. The van der Waals surface area contributed by atoms with E-state index in [4.69, 9.17) is 0 Å². The number of hydrogen-bond donors (Lipinski definition) is 2. The summed E-state index contributed by atoms with van der Waals surface area (Å²) in [4.78, 5) is 46.0. The van der Waals surface area contributed by atoms with Crippen LogP contribution in [0, 0.1) is 30.3 Å². The Morgan fingerprint density at radius 2 is 1.66 bits per heavy atom. The minimum absolute atomic E-state index is 0.00815. The molecular weight excluding hydrogens is 446 g/mol. The second kappa shape index (κ2) is 10.5. The lowest BCUT2D eigenvalue weighted by molar-refractivity contribution is -0.397. The zero-order chi connectivity index (χ0) is 24.0. The van der Waals surface area contributed by atoms with Gasteiger partial charge in [-0.2, -0.15) is 0 Å². The van der Waals surface area contributed by atoms with Gasteiger partial charge in [0.2, 0.25) is 0 Å². The van der Waals surface area contributed by atoms with Crippen molar-refractivity contribution < 1.29 is 24.7 Å². The Balaban J connectivity index is 2.60. The SMILES string of the molecule is CN(C)CCCNC(=O)c1c([N+](=O)[O-])c(O)cc(Sc2ccccc2[N+](=O)[O-])c1[N+](=O)[O-]. The number of nitrogens with zero attached hydrogens (tertiary/aromatic N) is 4. The van der Waals surface area contributed by atoms with E-state index in [0.29, 0.717) is 24.7 Å². The molecule has 0 aliphatic rings. The topological polar surface area (TPSA) is 182 Å². The lowest BCUT2D eigenvalue weighted by Gasteiger charge is -2.12. The third-order valence-electron chi connectivity index (χ3n) is 4.16. The molecule has 0 bridgehead atoms. The molecule has 2 aromatic carbocycles. The first-order valence-corrected chi connectivity index (χ1v) is 9.89. The molecule has 170 valence electrons. The van der Waals surface area contributed by atoms with Crippen LogP contribution in [0.4, 0.5) is 17.1 Å². The fraction of sp³-hybridized carbons (Fsp3) is 0.278. The van der Waals surface area contributed by atoms with Gasteiger partial charge in [0.25, 0.3) is 11.6 Å². The van der Waals surface area contributed by atoms with Gasteiger partial charge in [0.1, 0.15) is 0 Å². The Labute approximate surface area is 185 Å². The molecule has 0 spiro atoms. The zero-order valence-electron chi connectivity index (χ0n) is 17.0. The highest BCUT2D eigenvalue weighted by Crippen LogP contribution is 2.46. The molecule has 2 N–H and O–H groups in total. The second-order valence-electron chi connectivity index (χ2n) is 6.72. The summed E-state index contributed by atoms with van der Waals surface area (Å²) in [5, 5.41) is 47.2. The molecule has 0 aliphatic carbocycles. The normalized spacial score (nSPS) is 10.7. The van der Waals surface area contributed by atoms with Gasteiger partial charge in [-0.05, 0) is 33.1 Å². The van der Waals surface area contributed by atoms with E-state index in [0.717, 1.165) is 6.07 Å². The molecule has 1 amide bonds. The first-order valence-electron chi connectivity index (χ1n) is 9.07. The van der Waals surface area contributed by atoms with Gasteiger partial charge in [-0.3, -0.25) is 35.1 Å². The summed E-state index contributed by atoms with van der Waals surface area (Å²) in [7, 11) is 3.61. The maximum absolute atomic E-state index is 12.7. The standard InChI is InChI=1S/C18H19N5O8S/c1-20(2)9-5-8-19-18(25)15-16(22(28)29)12(24)10-14(17(15)23(30)31)32-13-7-4-3-6-11(13)21(26)27/h3-4,6-7,10,24H,5,8-9H2,1-2H3,(H,19,25). The molecule has 0 heterocycles. The van der Waals surface area contributed by atoms with Crippen molar-refractivity contribution in [1.82, 2.24) is 10.2 Å². The molecule has 0 atom stereocenters. The molecule has 0 aromatic heterocycles. The lowest BCUT2D eigenvalue weighted by Crippen LogP contribution is -2.28. The van der Waals surface area contributed by atoms with Crippen LogP contribution in [0.2, 0.25) is 0 Å². The van der Waals surface area contributed by atoms with Gasteiger partial charge in [-0.15, -0.1) is 0 Å². The molecule has 0 saturated heterocycles. The van der Waals surface area contributed by atoms with E-state index in [1.165, 1.54) is 24.3 Å². The molecule has 0 saturated carbocycles. The van der Waals surface area contributed by atoms with E-state index in [1.807, 2.05) is 4.90 Å². The van der Waals surface area contributed by atoms with Crippen LogP contribution in [-0.4, -0.2) is 57.9 Å². The highest BCUT2D eigenvalue weighted by Gasteiger charge is 2.38. The summed E-state index contributed by atoms with van der Waals surface area (Å²) in [5.41, 5.74) is -3.33. The van der Waals surface area contributed by atoms with Crippen molar-refractivity contribution >= 4 is 34.7 Å². The van der Waals surface area contributed by atoms with Crippen LogP contribution in [0.3, 0.4) is 0 Å². The summed E-state index contributed by atoms with van der Waals surface area (Å²) in [6.07, 6.45) is 0.469. The van der Waals surface area contributed by atoms with Crippen LogP contribution in [-0.2, 0) is 0 Å². The van der Waals surface area contributed by atoms with Gasteiger partial charge in [-0.25, -0.2) is 0 Å². The number of nitrogens with one attached hydrogen (secondary N) is 1. The molecule has 0 unspecified atom stereocenters. The van der Waals surface area contributed by atoms with Crippen molar-refractivity contribution in [2.45, 2.75) is 16.2 Å². The van der Waals surface area contributed by atoms with Crippen molar-refractivity contribution in [2.24, 2.45) is 0 Å². The van der Waals surface area contributed by atoms with Crippen LogP contribution in [0.5, 0.6) is 5.75 Å². The van der Waals surface area contributed by atoms with Crippen LogP contribution < -0.4 is 5.32 Å². The Morgan fingerprint density at radius 3 is 2.22 bits per heavy atom. The number of rotatable bonds is 10. The number of aromatic hydroxyl groups is 1. The first kappa shape index (κ1) is 24.5. The third-order valence-corrected chi connectivity index (χ3v) is 5.26. The number of benzene rings is 2. The Morgan fingerprint density at radius 1 is 1.03 bits per heavy atom. The van der Waals surface area contributed by atoms with Crippen LogP contribution in [0.1, 0.15) is 16.8 Å². The van der Waals surface area contributed by atoms with Gasteiger partial charge in [-0.1, -0.05) is 23.9 Å². The molecule has 13 nitrogen and oxygen atoms in total. The minimum atomic E-state index is -1.12. The molecule has 0 fully saturated rings. The molecule has 0 aliphatic heterocycles. The van der Waals surface area contributed by atoms with Crippen molar-refractivity contribution in [1.29, 1.82) is 0 Å². The lowest BCUT2D eigenvalue weighted by atomic mass is 10.1. The Kier molecular flexibility index (Phi) is 8.03. The predicted molar refractivity (Wildman–Crippen MR) is 114 cm³/mol. The number of para-hydroxylation sites is 1. The molecule has 32 heavy (non-hydrogen) atoms. The Bertz CT molecular complexity index is 1080. The largest absolute Gasteiger partial charge is 0.502 e. The molecule has 14 heteroatoms. The highest BCUT2D eigenvalue weighted by molar-refractivity contribution is 7.99. The van der Waals surface area contributed by atoms with Crippen LogP contribution in [0.25, 0.3) is 0 Å². The predicted octanol–water partition coefficient (Wildman–Crippen LogP) is 2.95. The molecule has 2 rings (SSSR count). The monoisotopic (exact) mass is 465 g/mol. The summed E-state index contributed by atoms with van der Waals surface area (Å²) in [6.45, 7) is 0.664. The highest BCUT2D eigenvalue weighted by atomic mass is 32.2. The van der Waals surface area contributed by atoms with Crippen molar-refractivity contribution in [3.05, 3.63) is 66.2 Å². The zero-order valence-corrected chi connectivity index (χ0v) is 17.8. The summed E-state index contributed by atoms with van der Waals surface area (Å²) in [5.74, 6) is -2.08. The number of phenols is 1. The van der Waals surface area contributed by atoms with E-state index in [9.17, 15) is 40.2 Å². The van der Waals surface area contributed by atoms with Crippen LogP contribution in [0.15, 0.2) is 40.1 Å². The van der Waals surface area contributed by atoms with Gasteiger partial charge >= 0.3 is 11.4 Å². The van der Waals surface area contributed by atoms with Crippen molar-refractivity contribution in [3.63, 3.8) is 0 Å². The van der Waals surface area contributed by atoms with Gasteiger partial charge in [0, 0.05) is 18.7 Å².